The van der Waals surface area contributed by atoms with Crippen molar-refractivity contribution < 1.29 is 4.79 Å². The number of rotatable bonds is 4. The average molecular weight is 309 g/mol. The lowest BCUT2D eigenvalue weighted by atomic mass is 10.1. The van der Waals surface area contributed by atoms with E-state index in [1.54, 1.807) is 18.2 Å². The summed E-state index contributed by atoms with van der Waals surface area (Å²) in [6.07, 6.45) is 0.780. The molecule has 2 amide bonds. The third kappa shape index (κ3) is 4.44. The Labute approximate surface area is 127 Å². The van der Waals surface area contributed by atoms with E-state index in [0.717, 1.165) is 6.42 Å². The number of halogens is 2. The molecule has 2 aromatic rings. The summed E-state index contributed by atoms with van der Waals surface area (Å²) in [6, 6.07) is 14.6. The number of carbonyl (C=O) groups is 1. The molecule has 2 rings (SSSR count). The highest BCUT2D eigenvalue weighted by Gasteiger charge is 2.05. The number of hydrogen-bond donors (Lipinski definition) is 2. The number of anilines is 1. The van der Waals surface area contributed by atoms with Gasteiger partial charge in [-0.2, -0.15) is 0 Å². The van der Waals surface area contributed by atoms with E-state index in [-0.39, 0.29) is 6.03 Å². The van der Waals surface area contributed by atoms with Crippen molar-refractivity contribution in [1.29, 1.82) is 0 Å². The smallest absolute Gasteiger partial charge is 0.319 e. The number of amides is 2. The molecule has 2 N–H and O–H groups in total. The summed E-state index contributed by atoms with van der Waals surface area (Å²) in [4.78, 5) is 11.7. The summed E-state index contributed by atoms with van der Waals surface area (Å²) in [5.41, 5.74) is 1.71. The first-order valence-electron chi connectivity index (χ1n) is 6.19. The molecule has 5 heteroatoms. The summed E-state index contributed by atoms with van der Waals surface area (Å²) < 4.78 is 0. The van der Waals surface area contributed by atoms with Crippen molar-refractivity contribution in [1.82, 2.24) is 5.32 Å². The Kier molecular flexibility index (Phi) is 5.27. The van der Waals surface area contributed by atoms with E-state index >= 15 is 0 Å². The van der Waals surface area contributed by atoms with Gasteiger partial charge in [0.15, 0.2) is 0 Å². The lowest BCUT2D eigenvalue weighted by Gasteiger charge is -2.09. The van der Waals surface area contributed by atoms with Crippen LogP contribution in [-0.2, 0) is 6.42 Å². The molecule has 0 bridgehead atoms. The van der Waals surface area contributed by atoms with Crippen molar-refractivity contribution in [3.63, 3.8) is 0 Å². The normalized spacial score (nSPS) is 10.1. The molecule has 0 aromatic heterocycles. The zero-order chi connectivity index (χ0) is 14.4. The van der Waals surface area contributed by atoms with Crippen LogP contribution in [0.5, 0.6) is 0 Å². The zero-order valence-electron chi connectivity index (χ0n) is 10.7. The van der Waals surface area contributed by atoms with Gasteiger partial charge in [0, 0.05) is 11.6 Å². The first-order chi connectivity index (χ1) is 9.65. The molecule has 0 fully saturated rings. The molecule has 3 nitrogen and oxygen atoms in total. The Hall–Kier alpha value is -1.71. The molecule has 0 unspecified atom stereocenters. The van der Waals surface area contributed by atoms with Crippen molar-refractivity contribution >= 4 is 34.9 Å². The van der Waals surface area contributed by atoms with Crippen molar-refractivity contribution in [2.24, 2.45) is 0 Å². The SMILES string of the molecule is O=C(NCCc1ccccc1)Nc1ccc(Cl)cc1Cl. The van der Waals surface area contributed by atoms with Gasteiger partial charge in [-0.15, -0.1) is 0 Å². The molecule has 0 saturated carbocycles. The molecule has 0 aliphatic carbocycles. The Morgan fingerprint density at radius 2 is 1.80 bits per heavy atom. The monoisotopic (exact) mass is 308 g/mol. The molecule has 0 atom stereocenters. The Balaban J connectivity index is 1.81. The van der Waals surface area contributed by atoms with Crippen LogP contribution in [0.25, 0.3) is 0 Å². The molecule has 0 spiro atoms. The van der Waals surface area contributed by atoms with E-state index in [1.165, 1.54) is 5.56 Å². The quantitative estimate of drug-likeness (QED) is 0.866. The van der Waals surface area contributed by atoms with Crippen LogP contribution in [0.1, 0.15) is 5.56 Å². The van der Waals surface area contributed by atoms with Crippen molar-refractivity contribution in [3.8, 4) is 0 Å². The van der Waals surface area contributed by atoms with Crippen LogP contribution in [0.15, 0.2) is 48.5 Å². The van der Waals surface area contributed by atoms with Crippen LogP contribution in [0.3, 0.4) is 0 Å². The van der Waals surface area contributed by atoms with Crippen LogP contribution < -0.4 is 10.6 Å². The van der Waals surface area contributed by atoms with E-state index in [4.69, 9.17) is 23.2 Å². The summed E-state index contributed by atoms with van der Waals surface area (Å²) in [5.74, 6) is 0. The number of benzene rings is 2. The lowest BCUT2D eigenvalue weighted by molar-refractivity contribution is 0.252. The van der Waals surface area contributed by atoms with Crippen LogP contribution in [-0.4, -0.2) is 12.6 Å². The predicted molar refractivity (Wildman–Crippen MR) is 83.6 cm³/mol. The van der Waals surface area contributed by atoms with Crippen molar-refractivity contribution in [2.45, 2.75) is 6.42 Å². The third-order valence-corrected chi connectivity index (χ3v) is 3.27. The van der Waals surface area contributed by atoms with Crippen LogP contribution in [0.4, 0.5) is 10.5 Å². The van der Waals surface area contributed by atoms with Gasteiger partial charge in [0.05, 0.1) is 10.7 Å². The second kappa shape index (κ2) is 7.17. The summed E-state index contributed by atoms with van der Waals surface area (Å²) >= 11 is 11.8. The topological polar surface area (TPSA) is 41.1 Å². The van der Waals surface area contributed by atoms with Gasteiger partial charge in [-0.3, -0.25) is 0 Å². The summed E-state index contributed by atoms with van der Waals surface area (Å²) in [6.45, 7) is 0.557. The van der Waals surface area contributed by atoms with E-state index in [1.807, 2.05) is 30.3 Å². The van der Waals surface area contributed by atoms with Gasteiger partial charge >= 0.3 is 6.03 Å². The van der Waals surface area contributed by atoms with E-state index in [2.05, 4.69) is 10.6 Å². The first kappa shape index (κ1) is 14.7. The van der Waals surface area contributed by atoms with E-state index in [9.17, 15) is 4.79 Å². The highest BCUT2D eigenvalue weighted by molar-refractivity contribution is 6.36. The van der Waals surface area contributed by atoms with Gasteiger partial charge in [-0.25, -0.2) is 4.79 Å². The summed E-state index contributed by atoms with van der Waals surface area (Å²) in [5, 5.41) is 6.41. The number of carbonyl (C=O) groups excluding carboxylic acids is 1. The highest BCUT2D eigenvalue weighted by atomic mass is 35.5. The lowest BCUT2D eigenvalue weighted by Crippen LogP contribution is -2.30. The van der Waals surface area contributed by atoms with Crippen LogP contribution in [0.2, 0.25) is 10.0 Å². The van der Waals surface area contributed by atoms with Gasteiger partial charge < -0.3 is 10.6 Å². The first-order valence-corrected chi connectivity index (χ1v) is 6.94. The maximum atomic E-state index is 11.7. The minimum absolute atomic E-state index is 0.287. The van der Waals surface area contributed by atoms with Crippen molar-refractivity contribution in [2.75, 3.05) is 11.9 Å². The van der Waals surface area contributed by atoms with Gasteiger partial charge in [-0.05, 0) is 30.2 Å². The molecular weight excluding hydrogens is 295 g/mol. The van der Waals surface area contributed by atoms with Crippen molar-refractivity contribution in [3.05, 3.63) is 64.1 Å². The summed E-state index contributed by atoms with van der Waals surface area (Å²) in [7, 11) is 0. The fraction of sp³-hybridized carbons (Fsp3) is 0.133. The number of urea groups is 1. The average Bonchev–Trinajstić information content (AvgIpc) is 2.43. The van der Waals surface area contributed by atoms with E-state index < -0.39 is 0 Å². The molecule has 0 heterocycles. The Morgan fingerprint density at radius 3 is 2.50 bits per heavy atom. The van der Waals surface area contributed by atoms with Gasteiger partial charge in [0.1, 0.15) is 0 Å². The van der Waals surface area contributed by atoms with Crippen LogP contribution >= 0.6 is 23.2 Å². The molecule has 104 valence electrons. The molecular formula is C15H14Cl2N2O. The Bertz CT molecular complexity index is 588. The molecule has 2 aromatic carbocycles. The molecule has 0 aliphatic rings. The fourth-order valence-corrected chi connectivity index (χ4v) is 2.18. The van der Waals surface area contributed by atoms with Crippen LogP contribution in [0, 0.1) is 0 Å². The second-order valence-corrected chi connectivity index (χ2v) is 5.08. The predicted octanol–water partition coefficient (Wildman–Crippen LogP) is 4.36. The maximum absolute atomic E-state index is 11.7. The zero-order valence-corrected chi connectivity index (χ0v) is 12.2. The maximum Gasteiger partial charge on any atom is 0.319 e. The highest BCUT2D eigenvalue weighted by Crippen LogP contribution is 2.25. The second-order valence-electron chi connectivity index (χ2n) is 4.24. The minimum atomic E-state index is -0.287. The van der Waals surface area contributed by atoms with Gasteiger partial charge in [0.25, 0.3) is 0 Å². The van der Waals surface area contributed by atoms with E-state index in [0.29, 0.717) is 22.3 Å². The fourth-order valence-electron chi connectivity index (χ4n) is 1.72. The largest absolute Gasteiger partial charge is 0.338 e. The number of nitrogens with one attached hydrogen (secondary N) is 2. The third-order valence-electron chi connectivity index (χ3n) is 2.72. The Morgan fingerprint density at radius 1 is 1.05 bits per heavy atom. The number of hydrogen-bond acceptors (Lipinski definition) is 1. The van der Waals surface area contributed by atoms with Gasteiger partial charge in [0.2, 0.25) is 0 Å². The standard InChI is InChI=1S/C15H14Cl2N2O/c16-12-6-7-14(13(17)10-12)19-15(20)18-9-8-11-4-2-1-3-5-11/h1-7,10H,8-9H2,(H2,18,19,20). The molecule has 0 saturated heterocycles. The molecule has 20 heavy (non-hydrogen) atoms. The molecule has 0 radical (unpaired) electrons. The van der Waals surface area contributed by atoms with Gasteiger partial charge in [-0.1, -0.05) is 53.5 Å². The minimum Gasteiger partial charge on any atom is -0.338 e. The molecule has 0 aliphatic heterocycles.